The van der Waals surface area contributed by atoms with Gasteiger partial charge in [-0.05, 0) is 43.4 Å². The monoisotopic (exact) mass is 203 g/mol. The maximum absolute atomic E-state index is 3.65. The Morgan fingerprint density at radius 1 is 1.33 bits per heavy atom. The van der Waals surface area contributed by atoms with Crippen LogP contribution < -0.4 is 5.32 Å². The second-order valence-electron chi connectivity index (χ2n) is 4.78. The predicted molar refractivity (Wildman–Crippen MR) is 65.2 cm³/mol. The maximum atomic E-state index is 3.65. The number of benzene rings is 1. The molecule has 1 heteroatoms. The van der Waals surface area contributed by atoms with Gasteiger partial charge in [-0.1, -0.05) is 37.6 Å². The minimum absolute atomic E-state index is 0.592. The number of hydrogen-bond acceptors (Lipinski definition) is 1. The van der Waals surface area contributed by atoms with Crippen LogP contribution in [0.5, 0.6) is 0 Å². The Kier molecular flexibility index (Phi) is 3.11. The standard InChI is InChI=1S/C14H21N/c1-4-7-15-14-9-11(3)12-6-5-10(2)8-13(12)14/h5-6,8,11,14-15H,4,7,9H2,1-3H3. The van der Waals surface area contributed by atoms with E-state index < -0.39 is 0 Å². The minimum atomic E-state index is 0.592. The highest BCUT2D eigenvalue weighted by molar-refractivity contribution is 5.40. The lowest BCUT2D eigenvalue weighted by Gasteiger charge is -2.13. The van der Waals surface area contributed by atoms with Gasteiger partial charge >= 0.3 is 0 Å². The van der Waals surface area contributed by atoms with E-state index in [9.17, 15) is 0 Å². The highest BCUT2D eigenvalue weighted by Gasteiger charge is 2.27. The fourth-order valence-corrected chi connectivity index (χ4v) is 2.56. The average Bonchev–Trinajstić information content (AvgIpc) is 2.52. The molecule has 1 nitrogen and oxygen atoms in total. The first kappa shape index (κ1) is 10.7. The van der Waals surface area contributed by atoms with Crippen LogP contribution in [-0.4, -0.2) is 6.54 Å². The first-order valence-electron chi connectivity index (χ1n) is 6.06. The van der Waals surface area contributed by atoms with Gasteiger partial charge in [-0.15, -0.1) is 0 Å². The summed E-state index contributed by atoms with van der Waals surface area (Å²) < 4.78 is 0. The Morgan fingerprint density at radius 2 is 2.13 bits per heavy atom. The van der Waals surface area contributed by atoms with Gasteiger partial charge in [0.1, 0.15) is 0 Å². The fourth-order valence-electron chi connectivity index (χ4n) is 2.56. The van der Waals surface area contributed by atoms with Gasteiger partial charge in [-0.2, -0.15) is 0 Å². The summed E-state index contributed by atoms with van der Waals surface area (Å²) >= 11 is 0. The fraction of sp³-hybridized carbons (Fsp3) is 0.571. The molecular weight excluding hydrogens is 182 g/mol. The highest BCUT2D eigenvalue weighted by atomic mass is 14.9. The van der Waals surface area contributed by atoms with Crippen LogP contribution in [-0.2, 0) is 0 Å². The molecule has 82 valence electrons. The van der Waals surface area contributed by atoms with E-state index in [1.807, 2.05) is 0 Å². The van der Waals surface area contributed by atoms with Crippen molar-refractivity contribution in [3.05, 3.63) is 34.9 Å². The van der Waals surface area contributed by atoms with E-state index in [-0.39, 0.29) is 0 Å². The Balaban J connectivity index is 2.23. The van der Waals surface area contributed by atoms with E-state index >= 15 is 0 Å². The van der Waals surface area contributed by atoms with Crippen LogP contribution in [0, 0.1) is 6.92 Å². The molecule has 1 aromatic rings. The molecule has 0 radical (unpaired) electrons. The smallest absolute Gasteiger partial charge is 0.0328 e. The summed E-state index contributed by atoms with van der Waals surface area (Å²) in [4.78, 5) is 0. The summed E-state index contributed by atoms with van der Waals surface area (Å²) in [6, 6.07) is 7.49. The van der Waals surface area contributed by atoms with Gasteiger partial charge in [0, 0.05) is 6.04 Å². The first-order valence-corrected chi connectivity index (χ1v) is 6.06. The van der Waals surface area contributed by atoms with E-state index in [4.69, 9.17) is 0 Å². The molecule has 0 bridgehead atoms. The van der Waals surface area contributed by atoms with Crippen molar-refractivity contribution in [2.45, 2.75) is 45.6 Å². The molecular formula is C14H21N. The molecule has 0 aromatic heterocycles. The van der Waals surface area contributed by atoms with Crippen molar-refractivity contribution in [1.29, 1.82) is 0 Å². The molecule has 1 aliphatic rings. The lowest BCUT2D eigenvalue weighted by Crippen LogP contribution is -2.19. The SMILES string of the molecule is CCCNC1CC(C)c2ccc(C)cc21. The van der Waals surface area contributed by atoms with Crippen molar-refractivity contribution in [3.63, 3.8) is 0 Å². The molecule has 1 aromatic carbocycles. The lowest BCUT2D eigenvalue weighted by atomic mass is 10.0. The van der Waals surface area contributed by atoms with E-state index in [2.05, 4.69) is 44.3 Å². The van der Waals surface area contributed by atoms with Gasteiger partial charge in [0.15, 0.2) is 0 Å². The molecule has 2 rings (SSSR count). The van der Waals surface area contributed by atoms with E-state index in [0.29, 0.717) is 6.04 Å². The van der Waals surface area contributed by atoms with Crippen LogP contribution >= 0.6 is 0 Å². The molecule has 2 atom stereocenters. The third kappa shape index (κ3) is 2.07. The summed E-state index contributed by atoms with van der Waals surface area (Å²) in [7, 11) is 0. The van der Waals surface area contributed by atoms with Crippen molar-refractivity contribution >= 4 is 0 Å². The van der Waals surface area contributed by atoms with Crippen molar-refractivity contribution < 1.29 is 0 Å². The van der Waals surface area contributed by atoms with Crippen molar-refractivity contribution in [2.24, 2.45) is 0 Å². The average molecular weight is 203 g/mol. The molecule has 2 unspecified atom stereocenters. The zero-order chi connectivity index (χ0) is 10.8. The van der Waals surface area contributed by atoms with Crippen LogP contribution in [0.3, 0.4) is 0 Å². The van der Waals surface area contributed by atoms with Crippen LogP contribution in [0.15, 0.2) is 18.2 Å². The second kappa shape index (κ2) is 4.36. The maximum Gasteiger partial charge on any atom is 0.0328 e. The van der Waals surface area contributed by atoms with Gasteiger partial charge in [0.25, 0.3) is 0 Å². The van der Waals surface area contributed by atoms with Gasteiger partial charge < -0.3 is 5.32 Å². The van der Waals surface area contributed by atoms with E-state index in [0.717, 1.165) is 12.5 Å². The van der Waals surface area contributed by atoms with Crippen LogP contribution in [0.1, 0.15) is 55.3 Å². The molecule has 0 fully saturated rings. The molecule has 0 spiro atoms. The summed E-state index contributed by atoms with van der Waals surface area (Å²) in [5.74, 6) is 0.718. The molecule has 0 amide bonds. The lowest BCUT2D eigenvalue weighted by molar-refractivity contribution is 0.505. The summed E-state index contributed by atoms with van der Waals surface area (Å²) in [6.45, 7) is 7.87. The van der Waals surface area contributed by atoms with Gasteiger partial charge in [-0.3, -0.25) is 0 Å². The number of fused-ring (bicyclic) bond motifs is 1. The highest BCUT2D eigenvalue weighted by Crippen LogP contribution is 2.40. The third-order valence-corrected chi connectivity index (χ3v) is 3.38. The Morgan fingerprint density at radius 3 is 2.87 bits per heavy atom. The summed E-state index contributed by atoms with van der Waals surface area (Å²) in [5.41, 5.74) is 4.47. The van der Waals surface area contributed by atoms with Crippen molar-refractivity contribution in [2.75, 3.05) is 6.54 Å². The van der Waals surface area contributed by atoms with Crippen LogP contribution in [0.25, 0.3) is 0 Å². The van der Waals surface area contributed by atoms with E-state index in [1.165, 1.54) is 24.0 Å². The summed E-state index contributed by atoms with van der Waals surface area (Å²) in [5, 5.41) is 3.65. The topological polar surface area (TPSA) is 12.0 Å². The van der Waals surface area contributed by atoms with Gasteiger partial charge in [0.05, 0.1) is 0 Å². The number of rotatable bonds is 3. The molecule has 0 saturated carbocycles. The third-order valence-electron chi connectivity index (χ3n) is 3.38. The predicted octanol–water partition coefficient (Wildman–Crippen LogP) is 3.54. The molecule has 1 N–H and O–H groups in total. The number of aryl methyl sites for hydroxylation is 1. The molecule has 0 heterocycles. The van der Waals surface area contributed by atoms with Gasteiger partial charge in [0.2, 0.25) is 0 Å². The largest absolute Gasteiger partial charge is 0.310 e. The number of nitrogens with one attached hydrogen (secondary N) is 1. The normalized spacial score (nSPS) is 24.2. The Hall–Kier alpha value is -0.820. The van der Waals surface area contributed by atoms with Crippen molar-refractivity contribution in [1.82, 2.24) is 5.32 Å². The minimum Gasteiger partial charge on any atom is -0.310 e. The van der Waals surface area contributed by atoms with E-state index in [1.54, 1.807) is 5.56 Å². The Bertz CT molecular complexity index is 343. The zero-order valence-corrected chi connectivity index (χ0v) is 10.0. The molecule has 0 aliphatic heterocycles. The van der Waals surface area contributed by atoms with Crippen LogP contribution in [0.2, 0.25) is 0 Å². The van der Waals surface area contributed by atoms with Crippen LogP contribution in [0.4, 0.5) is 0 Å². The number of hydrogen-bond donors (Lipinski definition) is 1. The molecule has 0 saturated heterocycles. The summed E-state index contributed by atoms with van der Waals surface area (Å²) in [6.07, 6.45) is 2.48. The zero-order valence-electron chi connectivity index (χ0n) is 10.0. The first-order chi connectivity index (χ1) is 7.22. The van der Waals surface area contributed by atoms with Crippen molar-refractivity contribution in [3.8, 4) is 0 Å². The molecule has 1 aliphatic carbocycles. The quantitative estimate of drug-likeness (QED) is 0.792. The van der Waals surface area contributed by atoms with Gasteiger partial charge in [-0.25, -0.2) is 0 Å². The Labute approximate surface area is 92.9 Å². The second-order valence-corrected chi connectivity index (χ2v) is 4.78. The molecule has 15 heavy (non-hydrogen) atoms.